The second kappa shape index (κ2) is 9.96. The Balaban J connectivity index is 0.00000264. The predicted octanol–water partition coefficient (Wildman–Crippen LogP) is 1.94. The number of H-pyrrole nitrogens is 1. The summed E-state index contributed by atoms with van der Waals surface area (Å²) in [5, 5.41) is 13.0. The normalized spacial score (nSPS) is 11.7. The van der Waals surface area contributed by atoms with Crippen molar-refractivity contribution in [2.75, 3.05) is 0 Å². The van der Waals surface area contributed by atoms with Gasteiger partial charge in [-0.25, -0.2) is 4.79 Å². The Kier molecular flexibility index (Phi) is 8.66. The maximum atomic E-state index is 11.8. The molecule has 0 saturated heterocycles. The molecule has 5 nitrogen and oxygen atoms in total. The molecule has 2 rings (SSSR count). The molecule has 0 aliphatic heterocycles. The molecule has 0 radical (unpaired) electrons. The van der Waals surface area contributed by atoms with Crippen LogP contribution in [0, 0.1) is 0 Å². The number of hydrogen-bond acceptors (Lipinski definition) is 2. The Labute approximate surface area is 165 Å². The van der Waals surface area contributed by atoms with Crippen LogP contribution in [-0.2, 0) is 16.0 Å². The van der Waals surface area contributed by atoms with Crippen molar-refractivity contribution in [1.29, 1.82) is 0 Å². The Morgan fingerprint density at radius 3 is 2.70 bits per heavy atom. The van der Waals surface area contributed by atoms with Gasteiger partial charge in [0.2, 0.25) is 5.91 Å². The van der Waals surface area contributed by atoms with Gasteiger partial charge in [0.1, 0.15) is 6.04 Å². The molecular formula is C17H24CaN2O3. The summed E-state index contributed by atoms with van der Waals surface area (Å²) in [4.78, 5) is 26.4. The number of aromatic nitrogens is 1. The van der Waals surface area contributed by atoms with E-state index in [4.69, 9.17) is 0 Å². The number of unbranched alkanes of at least 4 members (excludes halogenated alkanes) is 2. The summed E-state index contributed by atoms with van der Waals surface area (Å²) in [5.74, 6) is -1.20. The van der Waals surface area contributed by atoms with Crippen LogP contribution in [-0.4, -0.2) is 65.7 Å². The van der Waals surface area contributed by atoms with Crippen LogP contribution in [0.2, 0.25) is 0 Å². The van der Waals surface area contributed by atoms with Gasteiger partial charge < -0.3 is 15.4 Å². The minimum atomic E-state index is -1.01. The Morgan fingerprint density at radius 2 is 2.00 bits per heavy atom. The summed E-state index contributed by atoms with van der Waals surface area (Å²) in [6.07, 6.45) is 5.27. The van der Waals surface area contributed by atoms with Crippen LogP contribution in [0.1, 0.15) is 38.2 Å². The van der Waals surface area contributed by atoms with Crippen molar-refractivity contribution in [2.24, 2.45) is 0 Å². The van der Waals surface area contributed by atoms with Gasteiger partial charge >= 0.3 is 43.7 Å². The summed E-state index contributed by atoms with van der Waals surface area (Å²) >= 11 is 0. The first-order valence-electron chi connectivity index (χ1n) is 7.69. The van der Waals surface area contributed by atoms with Gasteiger partial charge in [0.05, 0.1) is 0 Å². The summed E-state index contributed by atoms with van der Waals surface area (Å²) in [6, 6.07) is 6.83. The zero-order valence-corrected chi connectivity index (χ0v) is 12.8. The molecular weight excluding hydrogens is 320 g/mol. The summed E-state index contributed by atoms with van der Waals surface area (Å²) in [6.45, 7) is 2.06. The average molecular weight is 344 g/mol. The molecule has 1 aromatic heterocycles. The number of benzene rings is 1. The fraction of sp³-hybridized carbons (Fsp3) is 0.412. The van der Waals surface area contributed by atoms with Crippen LogP contribution in [0.15, 0.2) is 30.5 Å². The molecule has 6 heteroatoms. The van der Waals surface area contributed by atoms with Gasteiger partial charge in [-0.15, -0.1) is 0 Å². The fourth-order valence-corrected chi connectivity index (χ4v) is 2.52. The second-order valence-corrected chi connectivity index (χ2v) is 5.48. The second-order valence-electron chi connectivity index (χ2n) is 5.48. The number of amides is 1. The molecule has 1 heterocycles. The van der Waals surface area contributed by atoms with E-state index < -0.39 is 12.0 Å². The van der Waals surface area contributed by atoms with E-state index in [1.54, 1.807) is 0 Å². The molecule has 0 unspecified atom stereocenters. The molecule has 1 amide bonds. The molecule has 0 aliphatic carbocycles. The Morgan fingerprint density at radius 1 is 1.26 bits per heavy atom. The fourth-order valence-electron chi connectivity index (χ4n) is 2.52. The van der Waals surface area contributed by atoms with Gasteiger partial charge in [0, 0.05) is 29.9 Å². The van der Waals surface area contributed by atoms with Gasteiger partial charge in [0.25, 0.3) is 0 Å². The van der Waals surface area contributed by atoms with Crippen molar-refractivity contribution in [3.05, 3.63) is 36.0 Å². The molecule has 0 spiro atoms. The van der Waals surface area contributed by atoms with Crippen molar-refractivity contribution in [1.82, 2.24) is 10.3 Å². The standard InChI is InChI=1S/C17H22N2O3.Ca.2H/c1-2-3-4-9-16(20)19-15(17(21)22)10-12-11-18-14-8-6-5-7-13(12)14;;;/h5-8,11,15,18H,2-4,9-10H2,1H3,(H,19,20)(H,21,22);;;/t15-;;;/m0.../s1. The van der Waals surface area contributed by atoms with Crippen LogP contribution < -0.4 is 5.32 Å². The topological polar surface area (TPSA) is 82.2 Å². The monoisotopic (exact) mass is 344 g/mol. The van der Waals surface area contributed by atoms with Crippen molar-refractivity contribution in [2.45, 2.75) is 45.1 Å². The van der Waals surface area contributed by atoms with E-state index in [1.807, 2.05) is 30.5 Å². The number of rotatable bonds is 8. The number of fused-ring (bicyclic) bond motifs is 1. The molecule has 1 atom stereocenters. The van der Waals surface area contributed by atoms with E-state index >= 15 is 0 Å². The predicted molar refractivity (Wildman–Crippen MR) is 94.3 cm³/mol. The third-order valence-electron chi connectivity index (χ3n) is 3.74. The number of hydrogen-bond donors (Lipinski definition) is 3. The third-order valence-corrected chi connectivity index (χ3v) is 3.74. The first-order chi connectivity index (χ1) is 10.6. The van der Waals surface area contributed by atoms with E-state index in [0.717, 1.165) is 35.7 Å². The summed E-state index contributed by atoms with van der Waals surface area (Å²) in [5.41, 5.74) is 1.87. The van der Waals surface area contributed by atoms with E-state index in [0.29, 0.717) is 6.42 Å². The first kappa shape index (κ1) is 20.0. The van der Waals surface area contributed by atoms with Gasteiger partial charge in [-0.3, -0.25) is 4.79 Å². The van der Waals surface area contributed by atoms with Crippen LogP contribution in [0.5, 0.6) is 0 Å². The minimum absolute atomic E-state index is 0. The Bertz CT molecular complexity index is 654. The zero-order valence-electron chi connectivity index (χ0n) is 12.8. The number of carboxylic acids is 1. The van der Waals surface area contributed by atoms with Crippen LogP contribution in [0.25, 0.3) is 10.9 Å². The zero-order chi connectivity index (χ0) is 15.9. The number of carboxylic acid groups (broad SMARTS) is 1. The summed E-state index contributed by atoms with van der Waals surface area (Å²) in [7, 11) is 0. The van der Waals surface area contributed by atoms with E-state index in [-0.39, 0.29) is 50.1 Å². The molecule has 0 saturated carbocycles. The van der Waals surface area contributed by atoms with Crippen molar-refractivity contribution < 1.29 is 14.7 Å². The SMILES string of the molecule is CCCCCC(=O)N[C@@H](Cc1c[nH]c2ccccc12)C(=O)O.[CaH2]. The van der Waals surface area contributed by atoms with Crippen molar-refractivity contribution >= 4 is 60.5 Å². The molecule has 122 valence electrons. The number of nitrogens with one attached hydrogen (secondary N) is 2. The van der Waals surface area contributed by atoms with Crippen molar-refractivity contribution in [3.8, 4) is 0 Å². The van der Waals surface area contributed by atoms with Gasteiger partial charge in [-0.1, -0.05) is 38.0 Å². The van der Waals surface area contributed by atoms with Gasteiger partial charge in [-0.2, -0.15) is 0 Å². The number of aromatic amines is 1. The molecule has 1 aromatic carbocycles. The van der Waals surface area contributed by atoms with E-state index in [9.17, 15) is 14.7 Å². The van der Waals surface area contributed by atoms with Crippen LogP contribution in [0.4, 0.5) is 0 Å². The first-order valence-corrected chi connectivity index (χ1v) is 7.69. The molecule has 3 N–H and O–H groups in total. The summed E-state index contributed by atoms with van der Waals surface area (Å²) < 4.78 is 0. The van der Waals surface area contributed by atoms with Gasteiger partial charge in [0.15, 0.2) is 0 Å². The molecule has 2 aromatic rings. The maximum absolute atomic E-state index is 11.8. The third kappa shape index (κ3) is 5.83. The number of para-hydroxylation sites is 1. The van der Waals surface area contributed by atoms with Crippen molar-refractivity contribution in [3.63, 3.8) is 0 Å². The molecule has 0 fully saturated rings. The molecule has 23 heavy (non-hydrogen) atoms. The molecule has 0 aliphatic rings. The number of carbonyl (C=O) groups excluding carboxylic acids is 1. The van der Waals surface area contributed by atoms with Crippen LogP contribution in [0.3, 0.4) is 0 Å². The van der Waals surface area contributed by atoms with E-state index in [2.05, 4.69) is 17.2 Å². The quantitative estimate of drug-likeness (QED) is 0.506. The number of carbonyl (C=O) groups is 2. The van der Waals surface area contributed by atoms with E-state index in [1.165, 1.54) is 0 Å². The van der Waals surface area contributed by atoms with Gasteiger partial charge in [-0.05, 0) is 18.1 Å². The average Bonchev–Trinajstić information content (AvgIpc) is 2.90. The van der Waals surface area contributed by atoms with Crippen LogP contribution >= 0.6 is 0 Å². The number of aliphatic carboxylic acids is 1. The Hall–Kier alpha value is -1.04. The molecule has 0 bridgehead atoms.